The lowest BCUT2D eigenvalue weighted by atomic mass is 10.1. The van der Waals surface area contributed by atoms with Crippen molar-refractivity contribution in [2.24, 2.45) is 0 Å². The summed E-state index contributed by atoms with van der Waals surface area (Å²) >= 11 is 0. The standard InChI is InChI=1S/C22H31N3O2/c1-6-24(7-2)22(27)18-10-8-11-19(14-18)25(16-17(3)23(4)5)20-12-9-13-21(26)15-20/h8-15,17,26H,6-7,16H2,1-5H3. The minimum atomic E-state index is 0.0402. The third-order valence-corrected chi connectivity index (χ3v) is 4.93. The molecule has 1 N–H and O–H groups in total. The van der Waals surface area contributed by atoms with Gasteiger partial charge in [-0.2, -0.15) is 0 Å². The van der Waals surface area contributed by atoms with Crippen molar-refractivity contribution < 1.29 is 9.90 Å². The molecule has 0 bridgehead atoms. The molecular formula is C22H31N3O2. The molecule has 0 aromatic heterocycles. The van der Waals surface area contributed by atoms with Crippen LogP contribution in [0.3, 0.4) is 0 Å². The van der Waals surface area contributed by atoms with Crippen LogP contribution in [0.1, 0.15) is 31.1 Å². The first-order valence-corrected chi connectivity index (χ1v) is 9.49. The van der Waals surface area contributed by atoms with E-state index in [0.29, 0.717) is 18.7 Å². The monoisotopic (exact) mass is 369 g/mol. The van der Waals surface area contributed by atoms with Gasteiger partial charge in [0.15, 0.2) is 0 Å². The number of carbonyl (C=O) groups excluding carboxylic acids is 1. The third kappa shape index (κ3) is 5.23. The molecule has 2 aromatic rings. The molecule has 2 aromatic carbocycles. The average Bonchev–Trinajstić information content (AvgIpc) is 2.66. The van der Waals surface area contributed by atoms with Crippen molar-refractivity contribution in [2.75, 3.05) is 38.6 Å². The Morgan fingerprint density at radius 1 is 1.00 bits per heavy atom. The summed E-state index contributed by atoms with van der Waals surface area (Å²) in [7, 11) is 4.09. The lowest BCUT2D eigenvalue weighted by Crippen LogP contribution is -2.36. The van der Waals surface area contributed by atoms with E-state index in [4.69, 9.17) is 0 Å². The summed E-state index contributed by atoms with van der Waals surface area (Å²) in [6, 6.07) is 15.2. The first-order chi connectivity index (χ1) is 12.9. The Kier molecular flexibility index (Phi) is 7.25. The van der Waals surface area contributed by atoms with Gasteiger partial charge in [0.05, 0.1) is 0 Å². The minimum absolute atomic E-state index is 0.0402. The molecule has 1 unspecified atom stereocenters. The molecular weight excluding hydrogens is 338 g/mol. The molecule has 27 heavy (non-hydrogen) atoms. The predicted molar refractivity (Wildman–Crippen MR) is 112 cm³/mol. The van der Waals surface area contributed by atoms with Gasteiger partial charge in [-0.3, -0.25) is 4.79 Å². The van der Waals surface area contributed by atoms with E-state index in [1.54, 1.807) is 12.1 Å². The Morgan fingerprint density at radius 2 is 1.59 bits per heavy atom. The molecule has 1 atom stereocenters. The summed E-state index contributed by atoms with van der Waals surface area (Å²) in [6.07, 6.45) is 0. The number of amides is 1. The van der Waals surface area contributed by atoms with Gasteiger partial charge in [0, 0.05) is 48.7 Å². The average molecular weight is 370 g/mol. The van der Waals surface area contributed by atoms with Gasteiger partial charge >= 0.3 is 0 Å². The Bertz CT molecular complexity index is 757. The van der Waals surface area contributed by atoms with E-state index in [1.165, 1.54) is 0 Å². The molecule has 1 amide bonds. The maximum Gasteiger partial charge on any atom is 0.253 e. The van der Waals surface area contributed by atoms with Gasteiger partial charge in [0.2, 0.25) is 0 Å². The van der Waals surface area contributed by atoms with Crippen LogP contribution in [-0.4, -0.2) is 60.6 Å². The number of hydrogen-bond acceptors (Lipinski definition) is 4. The zero-order valence-corrected chi connectivity index (χ0v) is 17.0. The van der Waals surface area contributed by atoms with Crippen molar-refractivity contribution in [1.82, 2.24) is 9.80 Å². The number of aromatic hydroxyl groups is 1. The molecule has 0 heterocycles. The topological polar surface area (TPSA) is 47.0 Å². The Hall–Kier alpha value is -2.53. The van der Waals surface area contributed by atoms with E-state index in [-0.39, 0.29) is 17.7 Å². The summed E-state index contributed by atoms with van der Waals surface area (Å²) in [5, 5.41) is 9.93. The van der Waals surface area contributed by atoms with Crippen LogP contribution in [0.25, 0.3) is 0 Å². The first-order valence-electron chi connectivity index (χ1n) is 9.49. The van der Waals surface area contributed by atoms with E-state index < -0.39 is 0 Å². The fourth-order valence-electron chi connectivity index (χ4n) is 2.95. The summed E-state index contributed by atoms with van der Waals surface area (Å²) in [6.45, 7) is 8.24. The van der Waals surface area contributed by atoms with E-state index in [1.807, 2.05) is 69.2 Å². The molecule has 5 heteroatoms. The highest BCUT2D eigenvalue weighted by Crippen LogP contribution is 2.29. The van der Waals surface area contributed by atoms with Crippen LogP contribution >= 0.6 is 0 Å². The molecule has 146 valence electrons. The lowest BCUT2D eigenvalue weighted by molar-refractivity contribution is 0.0773. The van der Waals surface area contributed by atoms with Crippen LogP contribution in [0.2, 0.25) is 0 Å². The summed E-state index contributed by atoms with van der Waals surface area (Å²) < 4.78 is 0. The molecule has 0 aliphatic carbocycles. The molecule has 0 spiro atoms. The number of nitrogens with zero attached hydrogens (tertiary/aromatic N) is 3. The van der Waals surface area contributed by atoms with E-state index in [2.05, 4.69) is 16.7 Å². The number of hydrogen-bond donors (Lipinski definition) is 1. The van der Waals surface area contributed by atoms with Gasteiger partial charge in [-0.15, -0.1) is 0 Å². The van der Waals surface area contributed by atoms with Crippen LogP contribution < -0.4 is 4.90 Å². The maximum absolute atomic E-state index is 12.8. The highest BCUT2D eigenvalue weighted by molar-refractivity contribution is 5.95. The predicted octanol–water partition coefficient (Wildman–Crippen LogP) is 3.96. The van der Waals surface area contributed by atoms with Crippen molar-refractivity contribution in [1.29, 1.82) is 0 Å². The number of rotatable bonds is 8. The van der Waals surface area contributed by atoms with Crippen molar-refractivity contribution in [2.45, 2.75) is 26.8 Å². The largest absolute Gasteiger partial charge is 0.508 e. The molecule has 0 fully saturated rings. The molecule has 5 nitrogen and oxygen atoms in total. The van der Waals surface area contributed by atoms with Crippen molar-refractivity contribution in [3.05, 3.63) is 54.1 Å². The van der Waals surface area contributed by atoms with E-state index >= 15 is 0 Å². The van der Waals surface area contributed by atoms with Gasteiger partial charge in [-0.05, 0) is 65.2 Å². The summed E-state index contributed by atoms with van der Waals surface area (Å²) in [5.74, 6) is 0.267. The van der Waals surface area contributed by atoms with Crippen LogP contribution in [0.4, 0.5) is 11.4 Å². The minimum Gasteiger partial charge on any atom is -0.508 e. The van der Waals surface area contributed by atoms with Gasteiger partial charge in [0.1, 0.15) is 5.75 Å². The maximum atomic E-state index is 12.8. The van der Waals surface area contributed by atoms with Crippen molar-refractivity contribution >= 4 is 17.3 Å². The van der Waals surface area contributed by atoms with Gasteiger partial charge in [0.25, 0.3) is 5.91 Å². The second-order valence-corrected chi connectivity index (χ2v) is 6.97. The van der Waals surface area contributed by atoms with Crippen LogP contribution in [0.15, 0.2) is 48.5 Å². The number of carbonyl (C=O) groups is 1. The molecule has 2 rings (SSSR count). The number of phenolic OH excluding ortho intramolecular Hbond substituents is 1. The fourth-order valence-corrected chi connectivity index (χ4v) is 2.95. The summed E-state index contributed by atoms with van der Waals surface area (Å²) in [4.78, 5) is 18.9. The summed E-state index contributed by atoms with van der Waals surface area (Å²) in [5.41, 5.74) is 2.52. The molecule has 0 saturated carbocycles. The quantitative estimate of drug-likeness (QED) is 0.765. The first kappa shape index (κ1) is 20.8. The SMILES string of the molecule is CCN(CC)C(=O)c1cccc(N(CC(C)N(C)C)c2cccc(O)c2)c1. The third-order valence-electron chi connectivity index (χ3n) is 4.93. The van der Waals surface area contributed by atoms with Gasteiger partial charge in [-0.25, -0.2) is 0 Å². The van der Waals surface area contributed by atoms with E-state index in [9.17, 15) is 9.90 Å². The molecule has 0 radical (unpaired) electrons. The van der Waals surface area contributed by atoms with Crippen LogP contribution in [0.5, 0.6) is 5.75 Å². The highest BCUT2D eigenvalue weighted by Gasteiger charge is 2.18. The molecule has 0 saturated heterocycles. The highest BCUT2D eigenvalue weighted by atomic mass is 16.3. The number of benzene rings is 2. The number of phenols is 1. The van der Waals surface area contributed by atoms with Gasteiger partial charge in [-0.1, -0.05) is 12.1 Å². The normalized spacial score (nSPS) is 12.1. The van der Waals surface area contributed by atoms with Crippen molar-refractivity contribution in [3.63, 3.8) is 0 Å². The zero-order valence-electron chi connectivity index (χ0n) is 17.0. The Balaban J connectivity index is 2.43. The van der Waals surface area contributed by atoms with Crippen LogP contribution in [-0.2, 0) is 0 Å². The second kappa shape index (κ2) is 9.42. The molecule has 0 aliphatic heterocycles. The van der Waals surface area contributed by atoms with Crippen molar-refractivity contribution in [3.8, 4) is 5.75 Å². The Labute approximate surface area is 162 Å². The number of anilines is 2. The Morgan fingerprint density at radius 3 is 2.15 bits per heavy atom. The van der Waals surface area contributed by atoms with Gasteiger partial charge < -0.3 is 19.8 Å². The fraction of sp³-hybridized carbons (Fsp3) is 0.409. The second-order valence-electron chi connectivity index (χ2n) is 6.97. The zero-order chi connectivity index (χ0) is 20.0. The van der Waals surface area contributed by atoms with E-state index in [0.717, 1.165) is 17.9 Å². The lowest BCUT2D eigenvalue weighted by Gasteiger charge is -2.31. The smallest absolute Gasteiger partial charge is 0.253 e. The number of likely N-dealkylation sites (N-methyl/N-ethyl adjacent to an activating group) is 1. The molecule has 0 aliphatic rings. The van der Waals surface area contributed by atoms with Crippen LogP contribution in [0, 0.1) is 0 Å².